The number of aryl methyl sites for hydroxylation is 2. The Hall–Kier alpha value is -1.88. The van der Waals surface area contributed by atoms with E-state index in [1.165, 1.54) is 4.90 Å². The van der Waals surface area contributed by atoms with Crippen LogP contribution >= 0.6 is 0 Å². The third-order valence-corrected chi connectivity index (χ3v) is 3.40. The number of carboxylic acids is 1. The van der Waals surface area contributed by atoms with Crippen molar-refractivity contribution in [1.82, 2.24) is 4.90 Å². The van der Waals surface area contributed by atoms with Crippen LogP contribution in [0.15, 0.2) is 12.1 Å². The number of likely N-dealkylation sites (tertiary alicyclic amines) is 1. The molecule has 0 bridgehead atoms. The third kappa shape index (κ3) is 2.33. The molecule has 1 saturated heterocycles. The SMILES string of the molecule is Cc1ccc(C)c(C(=O)N2CC(C)(O)C2)c1C(=O)O. The van der Waals surface area contributed by atoms with Crippen LogP contribution < -0.4 is 0 Å². The zero-order valence-electron chi connectivity index (χ0n) is 11.2. The molecule has 19 heavy (non-hydrogen) atoms. The van der Waals surface area contributed by atoms with Gasteiger partial charge in [-0.15, -0.1) is 0 Å². The van der Waals surface area contributed by atoms with Gasteiger partial charge in [0.1, 0.15) is 0 Å². The molecule has 102 valence electrons. The summed E-state index contributed by atoms with van der Waals surface area (Å²) in [5.74, 6) is -1.43. The average Bonchev–Trinajstić information content (AvgIpc) is 2.27. The number of benzene rings is 1. The number of carbonyl (C=O) groups is 2. The van der Waals surface area contributed by atoms with Crippen LogP contribution in [-0.2, 0) is 0 Å². The van der Waals surface area contributed by atoms with Crippen molar-refractivity contribution in [3.05, 3.63) is 34.4 Å². The molecule has 5 heteroatoms. The first-order valence-corrected chi connectivity index (χ1v) is 6.08. The second-order valence-electron chi connectivity index (χ2n) is 5.41. The normalized spacial score (nSPS) is 16.9. The fraction of sp³-hybridized carbons (Fsp3) is 0.429. The molecule has 1 aliphatic rings. The summed E-state index contributed by atoms with van der Waals surface area (Å²) in [6.07, 6.45) is 0. The number of hydrogen-bond donors (Lipinski definition) is 2. The molecule has 2 rings (SSSR count). The van der Waals surface area contributed by atoms with Gasteiger partial charge in [-0.3, -0.25) is 4.79 Å². The zero-order valence-corrected chi connectivity index (χ0v) is 11.2. The van der Waals surface area contributed by atoms with Gasteiger partial charge in [0.2, 0.25) is 0 Å². The molecule has 1 aliphatic heterocycles. The Bertz CT molecular complexity index is 555. The molecule has 0 aromatic heterocycles. The van der Waals surface area contributed by atoms with E-state index < -0.39 is 11.6 Å². The van der Waals surface area contributed by atoms with E-state index in [4.69, 9.17) is 0 Å². The Balaban J connectivity index is 2.42. The molecule has 1 aromatic carbocycles. The maximum atomic E-state index is 12.4. The van der Waals surface area contributed by atoms with Crippen LogP contribution in [0.4, 0.5) is 0 Å². The topological polar surface area (TPSA) is 77.8 Å². The Morgan fingerprint density at radius 2 is 1.63 bits per heavy atom. The van der Waals surface area contributed by atoms with E-state index in [2.05, 4.69) is 0 Å². The number of rotatable bonds is 2. The first-order chi connectivity index (χ1) is 8.73. The van der Waals surface area contributed by atoms with Crippen LogP contribution in [0.25, 0.3) is 0 Å². The van der Waals surface area contributed by atoms with Crippen LogP contribution in [0, 0.1) is 13.8 Å². The Kier molecular flexibility index (Phi) is 3.10. The van der Waals surface area contributed by atoms with Crippen molar-refractivity contribution in [2.24, 2.45) is 0 Å². The minimum absolute atomic E-state index is 0.0524. The number of β-amino-alcohol motifs (C(OH)–C–C–N with tert-alkyl or cyclic N) is 1. The van der Waals surface area contributed by atoms with Crippen molar-refractivity contribution in [2.45, 2.75) is 26.4 Å². The molecular formula is C14H17NO4. The fourth-order valence-corrected chi connectivity index (χ4v) is 2.44. The smallest absolute Gasteiger partial charge is 0.336 e. The van der Waals surface area contributed by atoms with Gasteiger partial charge in [-0.1, -0.05) is 12.1 Å². The molecule has 1 fully saturated rings. The number of aliphatic hydroxyl groups is 1. The van der Waals surface area contributed by atoms with E-state index in [0.29, 0.717) is 11.1 Å². The lowest BCUT2D eigenvalue weighted by Gasteiger charge is -2.44. The van der Waals surface area contributed by atoms with Crippen LogP contribution in [-0.4, -0.2) is 45.7 Å². The maximum Gasteiger partial charge on any atom is 0.336 e. The van der Waals surface area contributed by atoms with Crippen molar-refractivity contribution < 1.29 is 19.8 Å². The van der Waals surface area contributed by atoms with Crippen molar-refractivity contribution in [3.63, 3.8) is 0 Å². The highest BCUT2D eigenvalue weighted by Gasteiger charge is 2.41. The molecule has 5 nitrogen and oxygen atoms in total. The molecule has 0 saturated carbocycles. The van der Waals surface area contributed by atoms with Gasteiger partial charge in [0, 0.05) is 0 Å². The monoisotopic (exact) mass is 263 g/mol. The zero-order chi connectivity index (χ0) is 14.4. The van der Waals surface area contributed by atoms with E-state index in [0.717, 1.165) is 0 Å². The van der Waals surface area contributed by atoms with E-state index in [-0.39, 0.29) is 30.1 Å². The predicted octanol–water partition coefficient (Wildman–Crippen LogP) is 1.21. The first kappa shape index (κ1) is 13.5. The molecule has 0 aliphatic carbocycles. The average molecular weight is 263 g/mol. The molecule has 0 radical (unpaired) electrons. The summed E-state index contributed by atoms with van der Waals surface area (Å²) >= 11 is 0. The van der Waals surface area contributed by atoms with Gasteiger partial charge < -0.3 is 15.1 Å². The molecule has 1 aromatic rings. The van der Waals surface area contributed by atoms with E-state index in [1.807, 2.05) is 0 Å². The molecule has 2 N–H and O–H groups in total. The van der Waals surface area contributed by atoms with Crippen molar-refractivity contribution in [2.75, 3.05) is 13.1 Å². The molecule has 0 unspecified atom stereocenters. The summed E-state index contributed by atoms with van der Waals surface area (Å²) in [7, 11) is 0. The Morgan fingerprint density at radius 3 is 2.05 bits per heavy atom. The van der Waals surface area contributed by atoms with Gasteiger partial charge in [0.15, 0.2) is 0 Å². The standard InChI is InChI=1S/C14H17NO4/c1-8-4-5-9(2)11(13(17)18)10(8)12(16)15-6-14(3,19)7-15/h4-5,19H,6-7H2,1-3H3,(H,17,18). The molecule has 0 spiro atoms. The van der Waals surface area contributed by atoms with Gasteiger partial charge in [0.05, 0.1) is 29.8 Å². The number of hydrogen-bond acceptors (Lipinski definition) is 3. The fourth-order valence-electron chi connectivity index (χ4n) is 2.44. The minimum atomic E-state index is -1.10. The highest BCUT2D eigenvalue weighted by Crippen LogP contribution is 2.26. The first-order valence-electron chi connectivity index (χ1n) is 6.08. The number of carbonyl (C=O) groups excluding carboxylic acids is 1. The van der Waals surface area contributed by atoms with Crippen LogP contribution in [0.2, 0.25) is 0 Å². The summed E-state index contributed by atoms with van der Waals surface area (Å²) < 4.78 is 0. The van der Waals surface area contributed by atoms with Crippen LogP contribution in [0.1, 0.15) is 38.8 Å². The molecule has 1 heterocycles. The lowest BCUT2D eigenvalue weighted by atomic mass is 9.92. The summed E-state index contributed by atoms with van der Waals surface area (Å²) in [5.41, 5.74) is 0.615. The summed E-state index contributed by atoms with van der Waals surface area (Å²) in [6.45, 7) is 5.51. The Morgan fingerprint density at radius 1 is 1.16 bits per heavy atom. The molecule has 0 atom stereocenters. The summed E-state index contributed by atoms with van der Waals surface area (Å²) in [4.78, 5) is 25.2. The third-order valence-electron chi connectivity index (χ3n) is 3.40. The summed E-state index contributed by atoms with van der Waals surface area (Å²) in [6, 6.07) is 3.44. The molecular weight excluding hydrogens is 246 g/mol. The van der Waals surface area contributed by atoms with Gasteiger partial charge >= 0.3 is 5.97 Å². The van der Waals surface area contributed by atoms with Crippen LogP contribution in [0.3, 0.4) is 0 Å². The maximum absolute atomic E-state index is 12.4. The lowest BCUT2D eigenvalue weighted by molar-refractivity contribution is -0.0669. The van der Waals surface area contributed by atoms with Gasteiger partial charge in [-0.05, 0) is 31.9 Å². The van der Waals surface area contributed by atoms with Crippen molar-refractivity contribution >= 4 is 11.9 Å². The Labute approximate surface area is 111 Å². The largest absolute Gasteiger partial charge is 0.478 e. The predicted molar refractivity (Wildman–Crippen MR) is 69.4 cm³/mol. The number of amides is 1. The van der Waals surface area contributed by atoms with Crippen molar-refractivity contribution in [3.8, 4) is 0 Å². The number of carboxylic acid groups (broad SMARTS) is 1. The van der Waals surface area contributed by atoms with Crippen LogP contribution in [0.5, 0.6) is 0 Å². The van der Waals surface area contributed by atoms with Gasteiger partial charge in [0.25, 0.3) is 5.91 Å². The van der Waals surface area contributed by atoms with E-state index >= 15 is 0 Å². The van der Waals surface area contributed by atoms with Gasteiger partial charge in [-0.2, -0.15) is 0 Å². The minimum Gasteiger partial charge on any atom is -0.478 e. The quantitative estimate of drug-likeness (QED) is 0.840. The summed E-state index contributed by atoms with van der Waals surface area (Å²) in [5, 5.41) is 18.9. The highest BCUT2D eigenvalue weighted by atomic mass is 16.4. The second kappa shape index (κ2) is 4.35. The van der Waals surface area contributed by atoms with Crippen molar-refractivity contribution in [1.29, 1.82) is 0 Å². The highest BCUT2D eigenvalue weighted by molar-refractivity contribution is 6.07. The lowest BCUT2D eigenvalue weighted by Crippen LogP contribution is -2.61. The number of aromatic carboxylic acids is 1. The number of nitrogens with zero attached hydrogens (tertiary/aromatic N) is 1. The second-order valence-corrected chi connectivity index (χ2v) is 5.41. The van der Waals surface area contributed by atoms with E-state index in [1.54, 1.807) is 32.9 Å². The van der Waals surface area contributed by atoms with Gasteiger partial charge in [-0.25, -0.2) is 4.79 Å². The molecule has 1 amide bonds. The van der Waals surface area contributed by atoms with E-state index in [9.17, 15) is 19.8 Å².